The number of amides is 1. The van der Waals surface area contributed by atoms with Crippen LogP contribution in [0.1, 0.15) is 40.2 Å². The first kappa shape index (κ1) is 19.3. The van der Waals surface area contributed by atoms with Crippen molar-refractivity contribution in [3.8, 4) is 11.8 Å². The van der Waals surface area contributed by atoms with Crippen LogP contribution in [-0.4, -0.2) is 30.3 Å². The Balaban J connectivity index is 2.11. The molecule has 0 saturated carbocycles. The van der Waals surface area contributed by atoms with Gasteiger partial charge in [0.05, 0.1) is 11.8 Å². The van der Waals surface area contributed by atoms with Gasteiger partial charge in [0.15, 0.2) is 0 Å². The van der Waals surface area contributed by atoms with Crippen LogP contribution >= 0.6 is 11.3 Å². The minimum Gasteiger partial charge on any atom is -0.507 e. The molecular weight excluding hydrogens is 350 g/mol. The highest BCUT2D eigenvalue weighted by atomic mass is 32.1. The van der Waals surface area contributed by atoms with E-state index in [0.29, 0.717) is 26.6 Å². The first-order valence-electron chi connectivity index (χ1n) is 8.13. The summed E-state index contributed by atoms with van der Waals surface area (Å²) < 4.78 is 0. The molecule has 2 aromatic rings. The number of anilines is 2. The van der Waals surface area contributed by atoms with Crippen LogP contribution < -0.4 is 16.1 Å². The van der Waals surface area contributed by atoms with Crippen LogP contribution in [0.4, 0.5) is 10.7 Å². The Hall–Kier alpha value is -3.05. The molecule has 0 radical (unpaired) electrons. The smallest absolute Gasteiger partial charge is 0.281 e. The number of aromatic hydroxyl groups is 1. The van der Waals surface area contributed by atoms with Gasteiger partial charge in [0.25, 0.3) is 5.91 Å². The maximum absolute atomic E-state index is 12.2. The Bertz CT molecular complexity index is 878. The Morgan fingerprint density at radius 3 is 2.69 bits per heavy atom. The Morgan fingerprint density at radius 2 is 2.15 bits per heavy atom. The molecule has 0 atom stereocenters. The SMILES string of the molecule is CCN(CC)c1ccc(/C=N\NC(=O)c2sc(N)c(C#N)c2C)c(O)c1. The molecule has 0 aliphatic carbocycles. The number of hydrazone groups is 1. The standard InChI is InChI=1S/C18H21N5O2S/c1-4-23(5-2)13-7-6-12(15(24)8-13)10-21-22-18(25)16-11(3)14(9-19)17(20)26-16/h6-8,10,24H,4-5,20H2,1-3H3,(H,22,25)/b21-10-. The fourth-order valence-corrected chi connectivity index (χ4v) is 3.44. The average Bonchev–Trinajstić information content (AvgIpc) is 2.91. The Kier molecular flexibility index (Phi) is 6.20. The number of nitrogens with one attached hydrogen (secondary N) is 1. The molecule has 0 spiro atoms. The first-order chi connectivity index (χ1) is 12.4. The van der Waals surface area contributed by atoms with Gasteiger partial charge in [-0.05, 0) is 38.5 Å². The zero-order valence-corrected chi connectivity index (χ0v) is 15.7. The second kappa shape index (κ2) is 8.36. The number of nitrogens with two attached hydrogens (primary N) is 1. The molecule has 8 heteroatoms. The minimum absolute atomic E-state index is 0.0794. The van der Waals surface area contributed by atoms with Gasteiger partial charge in [-0.1, -0.05) is 0 Å². The third-order valence-electron chi connectivity index (χ3n) is 4.00. The van der Waals surface area contributed by atoms with Crippen molar-refractivity contribution in [2.75, 3.05) is 23.7 Å². The number of rotatable bonds is 6. The Labute approximate surface area is 156 Å². The highest BCUT2D eigenvalue weighted by Gasteiger charge is 2.18. The van der Waals surface area contributed by atoms with Crippen molar-refractivity contribution >= 4 is 34.1 Å². The largest absolute Gasteiger partial charge is 0.507 e. The topological polar surface area (TPSA) is 115 Å². The molecule has 2 rings (SSSR count). The van der Waals surface area contributed by atoms with Crippen LogP contribution in [0.25, 0.3) is 0 Å². The Morgan fingerprint density at radius 1 is 1.46 bits per heavy atom. The van der Waals surface area contributed by atoms with Crippen LogP contribution in [0.3, 0.4) is 0 Å². The van der Waals surface area contributed by atoms with Gasteiger partial charge in [-0.2, -0.15) is 10.4 Å². The predicted octanol–water partition coefficient (Wildman–Crippen LogP) is 2.83. The molecule has 7 nitrogen and oxygen atoms in total. The van der Waals surface area contributed by atoms with E-state index in [9.17, 15) is 9.90 Å². The number of nitrogens with zero attached hydrogens (tertiary/aromatic N) is 3. The van der Waals surface area contributed by atoms with Gasteiger partial charge in [0.1, 0.15) is 21.7 Å². The summed E-state index contributed by atoms with van der Waals surface area (Å²) in [5, 5.41) is 23.4. The molecule has 0 saturated heterocycles. The molecule has 1 aromatic carbocycles. The lowest BCUT2D eigenvalue weighted by Crippen LogP contribution is -2.21. The fourth-order valence-electron chi connectivity index (χ4n) is 2.53. The normalized spacial score (nSPS) is 10.7. The van der Waals surface area contributed by atoms with Crippen molar-refractivity contribution in [2.45, 2.75) is 20.8 Å². The summed E-state index contributed by atoms with van der Waals surface area (Å²) in [7, 11) is 0. The van der Waals surface area contributed by atoms with E-state index in [0.717, 1.165) is 30.1 Å². The maximum atomic E-state index is 12.2. The third-order valence-corrected chi connectivity index (χ3v) is 5.12. The fraction of sp³-hybridized carbons (Fsp3) is 0.278. The highest BCUT2D eigenvalue weighted by Crippen LogP contribution is 2.29. The van der Waals surface area contributed by atoms with Gasteiger partial charge in [0, 0.05) is 30.4 Å². The third kappa shape index (κ3) is 3.95. The van der Waals surface area contributed by atoms with Gasteiger partial charge in [-0.25, -0.2) is 5.43 Å². The molecule has 1 heterocycles. The summed E-state index contributed by atoms with van der Waals surface area (Å²) in [5.74, 6) is -0.369. The van der Waals surface area contributed by atoms with E-state index in [2.05, 4.69) is 15.4 Å². The summed E-state index contributed by atoms with van der Waals surface area (Å²) in [6.45, 7) is 7.44. The van der Waals surface area contributed by atoms with Gasteiger partial charge in [0.2, 0.25) is 0 Å². The van der Waals surface area contributed by atoms with Gasteiger partial charge in [-0.15, -0.1) is 11.3 Å². The molecule has 136 valence electrons. The molecule has 0 aliphatic heterocycles. The predicted molar refractivity (Wildman–Crippen MR) is 105 cm³/mol. The zero-order chi connectivity index (χ0) is 19.3. The van der Waals surface area contributed by atoms with Crippen LogP contribution in [0.5, 0.6) is 5.75 Å². The molecule has 0 fully saturated rings. The lowest BCUT2D eigenvalue weighted by atomic mass is 10.2. The molecule has 1 amide bonds. The van der Waals surface area contributed by atoms with E-state index >= 15 is 0 Å². The molecule has 0 unspecified atom stereocenters. The summed E-state index contributed by atoms with van der Waals surface area (Å²) in [4.78, 5) is 14.6. The second-order valence-electron chi connectivity index (χ2n) is 5.52. The summed E-state index contributed by atoms with van der Waals surface area (Å²) in [5.41, 5.74) is 10.4. The first-order valence-corrected chi connectivity index (χ1v) is 8.94. The number of phenols is 1. The number of hydrogen-bond acceptors (Lipinski definition) is 7. The average molecular weight is 371 g/mol. The van der Waals surface area contributed by atoms with Crippen molar-refractivity contribution in [1.82, 2.24) is 5.43 Å². The van der Waals surface area contributed by atoms with Crippen molar-refractivity contribution in [3.63, 3.8) is 0 Å². The van der Waals surface area contributed by atoms with E-state index in [1.807, 2.05) is 26.0 Å². The van der Waals surface area contributed by atoms with Gasteiger partial charge in [-0.3, -0.25) is 4.79 Å². The van der Waals surface area contributed by atoms with Crippen LogP contribution in [0.15, 0.2) is 23.3 Å². The summed E-state index contributed by atoms with van der Waals surface area (Å²) >= 11 is 1.05. The van der Waals surface area contributed by atoms with Crippen LogP contribution in [-0.2, 0) is 0 Å². The number of carbonyl (C=O) groups excluding carboxylic acids is 1. The number of hydrogen-bond donors (Lipinski definition) is 3. The van der Waals surface area contributed by atoms with E-state index in [4.69, 9.17) is 11.0 Å². The number of thiophene rings is 1. The van der Waals surface area contributed by atoms with E-state index in [-0.39, 0.29) is 5.75 Å². The molecule has 26 heavy (non-hydrogen) atoms. The molecule has 0 aliphatic rings. The number of carbonyl (C=O) groups is 1. The number of benzene rings is 1. The molecule has 0 bridgehead atoms. The van der Waals surface area contributed by atoms with Crippen LogP contribution in [0, 0.1) is 18.3 Å². The monoisotopic (exact) mass is 371 g/mol. The maximum Gasteiger partial charge on any atom is 0.281 e. The van der Waals surface area contributed by atoms with Gasteiger partial charge >= 0.3 is 0 Å². The molecule has 4 N–H and O–H groups in total. The van der Waals surface area contributed by atoms with Gasteiger partial charge < -0.3 is 15.7 Å². The number of nitriles is 1. The number of nitrogen functional groups attached to an aromatic ring is 1. The highest BCUT2D eigenvalue weighted by molar-refractivity contribution is 7.18. The second-order valence-corrected chi connectivity index (χ2v) is 6.57. The lowest BCUT2D eigenvalue weighted by Gasteiger charge is -2.21. The van der Waals surface area contributed by atoms with Crippen LogP contribution in [0.2, 0.25) is 0 Å². The van der Waals surface area contributed by atoms with Crippen molar-refractivity contribution in [2.24, 2.45) is 5.10 Å². The van der Waals surface area contributed by atoms with Crippen molar-refractivity contribution in [1.29, 1.82) is 5.26 Å². The van der Waals surface area contributed by atoms with Crippen molar-refractivity contribution in [3.05, 3.63) is 39.8 Å². The van der Waals surface area contributed by atoms with E-state index in [1.54, 1.807) is 19.1 Å². The zero-order valence-electron chi connectivity index (χ0n) is 14.9. The van der Waals surface area contributed by atoms with E-state index < -0.39 is 5.91 Å². The quantitative estimate of drug-likeness (QED) is 0.533. The van der Waals surface area contributed by atoms with Crippen molar-refractivity contribution < 1.29 is 9.90 Å². The number of phenolic OH excluding ortho intramolecular Hbond substituents is 1. The lowest BCUT2D eigenvalue weighted by molar-refractivity contribution is 0.0958. The molecular formula is C18H21N5O2S. The molecule has 1 aromatic heterocycles. The van der Waals surface area contributed by atoms with E-state index in [1.165, 1.54) is 6.21 Å². The summed E-state index contributed by atoms with van der Waals surface area (Å²) in [6, 6.07) is 7.27. The summed E-state index contributed by atoms with van der Waals surface area (Å²) in [6.07, 6.45) is 1.37. The minimum atomic E-state index is -0.448.